The first kappa shape index (κ1) is 23.2. The van der Waals surface area contributed by atoms with Crippen LogP contribution in [0.25, 0.3) is 11.5 Å². The third-order valence-corrected chi connectivity index (χ3v) is 7.63. The largest absolute Gasteiger partial charge is 0.334 e. The number of nitrogens with zero attached hydrogens (tertiary/aromatic N) is 3. The van der Waals surface area contributed by atoms with Gasteiger partial charge >= 0.3 is 0 Å². The highest BCUT2D eigenvalue weighted by molar-refractivity contribution is 7.90. The molecule has 1 aliphatic carbocycles. The van der Waals surface area contributed by atoms with Crippen molar-refractivity contribution in [2.45, 2.75) is 68.7 Å². The van der Waals surface area contributed by atoms with Crippen LogP contribution in [0.4, 0.5) is 0 Å². The van der Waals surface area contributed by atoms with Crippen molar-refractivity contribution in [2.75, 3.05) is 19.3 Å². The van der Waals surface area contributed by atoms with Crippen molar-refractivity contribution in [3.8, 4) is 11.5 Å². The number of piperidine rings is 1. The third-order valence-electron chi connectivity index (χ3n) is 6.50. The number of benzene rings is 1. The van der Waals surface area contributed by atoms with Gasteiger partial charge in [0, 0.05) is 24.3 Å². The number of sulfone groups is 1. The summed E-state index contributed by atoms with van der Waals surface area (Å²) in [5, 5.41) is 4.10. The molecule has 1 aromatic heterocycles. The first-order valence-corrected chi connectivity index (χ1v) is 12.8. The molecule has 1 aromatic carbocycles. The summed E-state index contributed by atoms with van der Waals surface area (Å²) in [6.45, 7) is 2.54. The Kier molecular flexibility index (Phi) is 7.93. The van der Waals surface area contributed by atoms with Gasteiger partial charge in [-0.2, -0.15) is 4.98 Å². The van der Waals surface area contributed by atoms with Gasteiger partial charge in [-0.3, -0.25) is 0 Å². The number of hydrogen-bond donors (Lipinski definition) is 0. The van der Waals surface area contributed by atoms with E-state index >= 15 is 0 Å². The fourth-order valence-electron chi connectivity index (χ4n) is 4.74. The molecule has 1 aliphatic heterocycles. The van der Waals surface area contributed by atoms with Gasteiger partial charge in [0.05, 0.1) is 4.90 Å². The Balaban J connectivity index is 0.00000256. The summed E-state index contributed by atoms with van der Waals surface area (Å²) in [6, 6.07) is 7.44. The van der Waals surface area contributed by atoms with Crippen LogP contribution in [0, 0.1) is 5.92 Å². The Bertz CT molecular complexity index is 900. The topological polar surface area (TPSA) is 76.3 Å². The molecular formula is C22H32ClN3O3S. The van der Waals surface area contributed by atoms with Crippen molar-refractivity contribution in [1.29, 1.82) is 0 Å². The highest BCUT2D eigenvalue weighted by Gasteiger charge is 2.26. The maximum absolute atomic E-state index is 11.6. The normalized spacial score (nSPS) is 19.1. The molecule has 0 unspecified atom stereocenters. The fourth-order valence-corrected chi connectivity index (χ4v) is 5.37. The van der Waals surface area contributed by atoms with Crippen molar-refractivity contribution >= 4 is 22.2 Å². The summed E-state index contributed by atoms with van der Waals surface area (Å²) >= 11 is 0. The quantitative estimate of drug-likeness (QED) is 0.612. The van der Waals surface area contributed by atoms with E-state index < -0.39 is 9.84 Å². The van der Waals surface area contributed by atoms with Crippen molar-refractivity contribution in [1.82, 2.24) is 15.0 Å². The molecule has 0 spiro atoms. The van der Waals surface area contributed by atoms with Gasteiger partial charge < -0.3 is 9.42 Å². The summed E-state index contributed by atoms with van der Waals surface area (Å²) in [7, 11) is -3.20. The van der Waals surface area contributed by atoms with E-state index in [2.05, 4.69) is 15.0 Å². The third kappa shape index (κ3) is 5.83. The zero-order valence-electron chi connectivity index (χ0n) is 17.6. The molecule has 30 heavy (non-hydrogen) atoms. The molecule has 1 saturated heterocycles. The maximum atomic E-state index is 11.6. The molecule has 2 aromatic rings. The summed E-state index contributed by atoms with van der Waals surface area (Å²) in [6.07, 6.45) is 12.6. The van der Waals surface area contributed by atoms with Gasteiger partial charge in [0.2, 0.25) is 0 Å². The van der Waals surface area contributed by atoms with E-state index in [0.717, 1.165) is 36.2 Å². The average Bonchev–Trinajstić information content (AvgIpc) is 3.40. The van der Waals surface area contributed by atoms with Crippen molar-refractivity contribution in [3.05, 3.63) is 30.1 Å². The highest BCUT2D eigenvalue weighted by atomic mass is 35.5. The Labute approximate surface area is 185 Å². The number of likely N-dealkylation sites (tertiary alicyclic amines) is 1. The first-order chi connectivity index (χ1) is 14.0. The van der Waals surface area contributed by atoms with E-state index in [9.17, 15) is 8.42 Å². The van der Waals surface area contributed by atoms with Crippen LogP contribution >= 0.6 is 12.4 Å². The summed E-state index contributed by atoms with van der Waals surface area (Å²) in [4.78, 5) is 7.50. The van der Waals surface area contributed by atoms with Gasteiger partial charge in [-0.1, -0.05) is 18.0 Å². The molecule has 8 heteroatoms. The van der Waals surface area contributed by atoms with E-state index in [1.165, 1.54) is 64.3 Å². The fraction of sp³-hybridized carbons (Fsp3) is 0.636. The van der Waals surface area contributed by atoms with Crippen LogP contribution in [0.3, 0.4) is 0 Å². The molecule has 2 fully saturated rings. The van der Waals surface area contributed by atoms with Crippen LogP contribution in [0.2, 0.25) is 0 Å². The number of aromatic nitrogens is 2. The predicted octanol–water partition coefficient (Wildman–Crippen LogP) is 4.54. The SMILES string of the molecule is CS(=O)(=O)c1ccc(-c2nc(CCCC3CCN(C4CCCC4)CC3)no2)cc1.Cl. The van der Waals surface area contributed by atoms with Gasteiger partial charge in [-0.15, -0.1) is 12.4 Å². The van der Waals surface area contributed by atoms with Gasteiger partial charge in [0.1, 0.15) is 0 Å². The highest BCUT2D eigenvalue weighted by Crippen LogP contribution is 2.29. The lowest BCUT2D eigenvalue weighted by atomic mass is 9.90. The molecule has 166 valence electrons. The number of hydrogen-bond acceptors (Lipinski definition) is 6. The molecule has 0 atom stereocenters. The standard InChI is InChI=1S/C22H31N3O3S.ClH/c1-29(26,27)20-11-9-18(10-12-20)22-23-21(24-28-22)8-4-5-17-13-15-25(16-14-17)19-6-2-3-7-19;/h9-12,17,19H,2-8,13-16H2,1H3;1H. The summed E-state index contributed by atoms with van der Waals surface area (Å²) < 4.78 is 28.5. The minimum absolute atomic E-state index is 0. The summed E-state index contributed by atoms with van der Waals surface area (Å²) in [5.41, 5.74) is 0.746. The van der Waals surface area contributed by atoms with Crippen molar-refractivity contribution in [2.24, 2.45) is 5.92 Å². The zero-order valence-corrected chi connectivity index (χ0v) is 19.3. The number of rotatable bonds is 7. The molecular weight excluding hydrogens is 422 g/mol. The van der Waals surface area contributed by atoms with Crippen LogP contribution in [0.5, 0.6) is 0 Å². The number of aryl methyl sites for hydroxylation is 1. The van der Waals surface area contributed by atoms with Crippen LogP contribution in [0.15, 0.2) is 33.7 Å². The maximum Gasteiger partial charge on any atom is 0.257 e. The van der Waals surface area contributed by atoms with Crippen LogP contribution in [0.1, 0.15) is 57.2 Å². The minimum Gasteiger partial charge on any atom is -0.334 e. The monoisotopic (exact) mass is 453 g/mol. The lowest BCUT2D eigenvalue weighted by Gasteiger charge is -2.36. The van der Waals surface area contributed by atoms with E-state index in [1.54, 1.807) is 24.3 Å². The molecule has 2 heterocycles. The average molecular weight is 454 g/mol. The summed E-state index contributed by atoms with van der Waals surface area (Å²) in [5.74, 6) is 2.00. The lowest BCUT2D eigenvalue weighted by molar-refractivity contribution is 0.130. The predicted molar refractivity (Wildman–Crippen MR) is 120 cm³/mol. The van der Waals surface area contributed by atoms with Gasteiger partial charge in [0.25, 0.3) is 5.89 Å². The van der Waals surface area contributed by atoms with E-state index in [4.69, 9.17) is 4.52 Å². The lowest BCUT2D eigenvalue weighted by Crippen LogP contribution is -2.40. The second-order valence-corrected chi connectivity index (χ2v) is 10.6. The number of halogens is 1. The Morgan fingerprint density at radius 3 is 2.37 bits per heavy atom. The van der Waals surface area contributed by atoms with Crippen molar-refractivity contribution < 1.29 is 12.9 Å². The van der Waals surface area contributed by atoms with E-state index in [1.807, 2.05) is 0 Å². The molecule has 4 rings (SSSR count). The van der Waals surface area contributed by atoms with E-state index in [-0.39, 0.29) is 12.4 Å². The molecule has 2 aliphatic rings. The molecule has 0 amide bonds. The van der Waals surface area contributed by atoms with Crippen LogP contribution in [-0.4, -0.2) is 48.8 Å². The molecule has 6 nitrogen and oxygen atoms in total. The Hall–Kier alpha value is -1.44. The van der Waals surface area contributed by atoms with E-state index in [0.29, 0.717) is 10.8 Å². The molecule has 0 N–H and O–H groups in total. The zero-order chi connectivity index (χ0) is 20.3. The van der Waals surface area contributed by atoms with Crippen LogP contribution < -0.4 is 0 Å². The molecule has 0 radical (unpaired) electrons. The molecule has 1 saturated carbocycles. The minimum atomic E-state index is -3.20. The van der Waals surface area contributed by atoms with Crippen molar-refractivity contribution in [3.63, 3.8) is 0 Å². The Morgan fingerprint density at radius 1 is 1.07 bits per heavy atom. The first-order valence-electron chi connectivity index (χ1n) is 10.9. The Morgan fingerprint density at radius 2 is 1.73 bits per heavy atom. The smallest absolute Gasteiger partial charge is 0.257 e. The second kappa shape index (κ2) is 10.2. The second-order valence-electron chi connectivity index (χ2n) is 8.62. The molecule has 0 bridgehead atoms. The van der Waals surface area contributed by atoms with Gasteiger partial charge in [0.15, 0.2) is 15.7 Å². The van der Waals surface area contributed by atoms with Crippen LogP contribution in [-0.2, 0) is 16.3 Å². The van der Waals surface area contributed by atoms with Gasteiger partial charge in [-0.25, -0.2) is 8.42 Å². The van der Waals surface area contributed by atoms with Gasteiger partial charge in [-0.05, 0) is 81.8 Å².